The van der Waals surface area contributed by atoms with E-state index in [0.29, 0.717) is 24.1 Å². The summed E-state index contributed by atoms with van der Waals surface area (Å²) in [5, 5.41) is 4.18. The van der Waals surface area contributed by atoms with Gasteiger partial charge in [0.05, 0.1) is 12.9 Å². The molecule has 1 unspecified atom stereocenters. The number of aryl methyl sites for hydroxylation is 1. The minimum Gasteiger partial charge on any atom is -0.454 e. The second-order valence-electron chi connectivity index (χ2n) is 8.73. The normalized spacial score (nSPS) is 20.0. The molecule has 32 heavy (non-hydrogen) atoms. The highest BCUT2D eigenvalue weighted by atomic mass is 16.5. The van der Waals surface area contributed by atoms with Crippen LogP contribution in [0.5, 0.6) is 0 Å². The molecule has 9 heteroatoms. The average Bonchev–Trinajstić information content (AvgIpc) is 3.61. The molecule has 170 valence electrons. The molecule has 5 rings (SSSR count). The Morgan fingerprint density at radius 1 is 1.19 bits per heavy atom. The van der Waals surface area contributed by atoms with Crippen molar-refractivity contribution in [3.63, 3.8) is 0 Å². The highest BCUT2D eigenvalue weighted by molar-refractivity contribution is 5.91. The summed E-state index contributed by atoms with van der Waals surface area (Å²) in [6, 6.07) is 3.64. The van der Waals surface area contributed by atoms with Crippen molar-refractivity contribution in [2.24, 2.45) is 5.92 Å². The first-order valence-electron chi connectivity index (χ1n) is 11.5. The van der Waals surface area contributed by atoms with Crippen LogP contribution in [0.2, 0.25) is 0 Å². The first-order valence-corrected chi connectivity index (χ1v) is 11.5. The lowest BCUT2D eigenvalue weighted by Crippen LogP contribution is -2.40. The lowest BCUT2D eigenvalue weighted by molar-refractivity contribution is 0.0634. The van der Waals surface area contributed by atoms with Gasteiger partial charge < -0.3 is 23.1 Å². The maximum absolute atomic E-state index is 13.0. The number of amides is 1. The third kappa shape index (κ3) is 4.93. The second kappa shape index (κ2) is 9.68. The van der Waals surface area contributed by atoms with Gasteiger partial charge in [-0.15, -0.1) is 0 Å². The predicted molar refractivity (Wildman–Crippen MR) is 114 cm³/mol. The second-order valence-corrected chi connectivity index (χ2v) is 8.73. The van der Waals surface area contributed by atoms with Crippen LogP contribution in [0, 0.1) is 5.92 Å². The molecule has 3 aromatic rings. The number of hydrogen-bond acceptors (Lipinski definition) is 7. The van der Waals surface area contributed by atoms with E-state index in [1.54, 1.807) is 18.6 Å². The van der Waals surface area contributed by atoms with Crippen molar-refractivity contribution < 1.29 is 18.5 Å². The number of carbonyl (C=O) groups excluding carboxylic acids is 1. The molecule has 0 bridgehead atoms. The molecule has 0 saturated carbocycles. The SMILES string of the molecule is O=C(c1ccc(Cn2ccnc2)o1)N1CCCC(CCc2noc(C3CCOCC3)n2)C1. The summed E-state index contributed by atoms with van der Waals surface area (Å²) in [6.07, 6.45) is 11.0. The number of furan rings is 1. The number of carbonyl (C=O) groups is 1. The number of nitrogens with zero attached hydrogens (tertiary/aromatic N) is 5. The monoisotopic (exact) mass is 439 g/mol. The third-order valence-electron chi connectivity index (χ3n) is 6.41. The molecule has 0 radical (unpaired) electrons. The molecule has 0 aromatic carbocycles. The highest BCUT2D eigenvalue weighted by Crippen LogP contribution is 2.27. The molecule has 0 aliphatic carbocycles. The van der Waals surface area contributed by atoms with Crippen LogP contribution in [0.15, 0.2) is 39.8 Å². The zero-order valence-electron chi connectivity index (χ0n) is 18.2. The molecule has 0 N–H and O–H groups in total. The van der Waals surface area contributed by atoms with Crippen molar-refractivity contribution in [3.05, 3.63) is 54.1 Å². The van der Waals surface area contributed by atoms with Gasteiger partial charge >= 0.3 is 0 Å². The Labute approximate surface area is 186 Å². The Balaban J connectivity index is 1.13. The quantitative estimate of drug-likeness (QED) is 0.557. The molecule has 0 spiro atoms. The first kappa shape index (κ1) is 20.9. The van der Waals surface area contributed by atoms with E-state index in [1.807, 2.05) is 21.7 Å². The van der Waals surface area contributed by atoms with E-state index in [2.05, 4.69) is 15.1 Å². The van der Waals surface area contributed by atoms with E-state index in [-0.39, 0.29) is 5.91 Å². The number of rotatable bonds is 7. The van der Waals surface area contributed by atoms with Gasteiger partial charge in [-0.25, -0.2) is 4.98 Å². The van der Waals surface area contributed by atoms with Gasteiger partial charge in [0.25, 0.3) is 5.91 Å². The zero-order chi connectivity index (χ0) is 21.8. The molecule has 1 atom stereocenters. The Kier molecular flexibility index (Phi) is 6.34. The van der Waals surface area contributed by atoms with Crippen LogP contribution in [-0.4, -0.2) is 56.8 Å². The van der Waals surface area contributed by atoms with Crippen LogP contribution < -0.4 is 0 Å². The van der Waals surface area contributed by atoms with Gasteiger partial charge in [-0.1, -0.05) is 5.16 Å². The summed E-state index contributed by atoms with van der Waals surface area (Å²) in [6.45, 7) is 3.59. The molecule has 5 heterocycles. The standard InChI is InChI=1S/C23H29N5O4/c29-23(20-5-4-19(31-20)15-27-11-9-24-16-27)28-10-1-2-17(14-28)3-6-21-25-22(32-26-21)18-7-12-30-13-8-18/h4-5,9,11,16-18H,1-3,6-8,10,12-15H2. The van der Waals surface area contributed by atoms with E-state index in [4.69, 9.17) is 13.7 Å². The van der Waals surface area contributed by atoms with Crippen molar-refractivity contribution in [1.29, 1.82) is 0 Å². The van der Waals surface area contributed by atoms with Gasteiger partial charge in [-0.05, 0) is 50.2 Å². The molecule has 2 aliphatic heterocycles. The minimum absolute atomic E-state index is 0.0343. The van der Waals surface area contributed by atoms with E-state index in [1.165, 1.54) is 0 Å². The van der Waals surface area contributed by atoms with Gasteiger partial charge in [0.1, 0.15) is 5.76 Å². The zero-order valence-corrected chi connectivity index (χ0v) is 18.2. The number of aromatic nitrogens is 4. The van der Waals surface area contributed by atoms with E-state index < -0.39 is 0 Å². The van der Waals surface area contributed by atoms with Crippen molar-refractivity contribution in [2.45, 2.75) is 51.0 Å². The molecule has 2 aliphatic rings. The van der Waals surface area contributed by atoms with Crippen molar-refractivity contribution in [2.75, 3.05) is 26.3 Å². The summed E-state index contributed by atoms with van der Waals surface area (Å²) >= 11 is 0. The number of imidazole rings is 1. The molecular formula is C23H29N5O4. The largest absolute Gasteiger partial charge is 0.454 e. The number of ether oxygens (including phenoxy) is 1. The predicted octanol–water partition coefficient (Wildman–Crippen LogP) is 3.29. The first-order chi connectivity index (χ1) is 15.7. The fraction of sp³-hybridized carbons (Fsp3) is 0.565. The van der Waals surface area contributed by atoms with Gasteiger partial charge in [0, 0.05) is 51.0 Å². The number of piperidine rings is 1. The van der Waals surface area contributed by atoms with Gasteiger partial charge in [-0.2, -0.15) is 4.98 Å². The molecule has 2 fully saturated rings. The molecule has 3 aromatic heterocycles. The summed E-state index contributed by atoms with van der Waals surface area (Å²) in [5.74, 6) is 3.38. The Morgan fingerprint density at radius 3 is 2.94 bits per heavy atom. The minimum atomic E-state index is -0.0343. The van der Waals surface area contributed by atoms with Gasteiger partial charge in [0.15, 0.2) is 11.6 Å². The van der Waals surface area contributed by atoms with E-state index >= 15 is 0 Å². The van der Waals surface area contributed by atoms with Crippen molar-refractivity contribution in [1.82, 2.24) is 24.6 Å². The van der Waals surface area contributed by atoms with Crippen LogP contribution in [-0.2, 0) is 17.7 Å². The lowest BCUT2D eigenvalue weighted by atomic mass is 9.93. The van der Waals surface area contributed by atoms with Gasteiger partial charge in [0.2, 0.25) is 5.89 Å². The van der Waals surface area contributed by atoms with Crippen LogP contribution in [0.4, 0.5) is 0 Å². The summed E-state index contributed by atoms with van der Waals surface area (Å²) < 4.78 is 18.6. The number of hydrogen-bond donors (Lipinski definition) is 0. The van der Waals surface area contributed by atoms with Crippen LogP contribution in [0.3, 0.4) is 0 Å². The molecule has 9 nitrogen and oxygen atoms in total. The molecular weight excluding hydrogens is 410 g/mol. The smallest absolute Gasteiger partial charge is 0.289 e. The molecule has 2 saturated heterocycles. The van der Waals surface area contributed by atoms with Crippen LogP contribution in [0.25, 0.3) is 0 Å². The topological polar surface area (TPSA) is 99.4 Å². The molecule has 1 amide bonds. The fourth-order valence-electron chi connectivity index (χ4n) is 4.59. The lowest BCUT2D eigenvalue weighted by Gasteiger charge is -2.32. The van der Waals surface area contributed by atoms with Crippen molar-refractivity contribution in [3.8, 4) is 0 Å². The van der Waals surface area contributed by atoms with Gasteiger partial charge in [-0.3, -0.25) is 4.79 Å². The highest BCUT2D eigenvalue weighted by Gasteiger charge is 2.27. The Hall–Kier alpha value is -2.94. The van der Waals surface area contributed by atoms with E-state index in [0.717, 1.165) is 82.3 Å². The van der Waals surface area contributed by atoms with Crippen LogP contribution in [0.1, 0.15) is 66.1 Å². The maximum atomic E-state index is 13.0. The summed E-state index contributed by atoms with van der Waals surface area (Å²) in [4.78, 5) is 23.5. The number of likely N-dealkylation sites (tertiary alicyclic amines) is 1. The van der Waals surface area contributed by atoms with Crippen LogP contribution >= 0.6 is 0 Å². The van der Waals surface area contributed by atoms with Crippen molar-refractivity contribution >= 4 is 5.91 Å². The summed E-state index contributed by atoms with van der Waals surface area (Å²) in [5.41, 5.74) is 0. The average molecular weight is 440 g/mol. The Morgan fingerprint density at radius 2 is 2.09 bits per heavy atom. The van der Waals surface area contributed by atoms with E-state index in [9.17, 15) is 4.79 Å². The summed E-state index contributed by atoms with van der Waals surface area (Å²) in [7, 11) is 0. The Bertz CT molecular complexity index is 1010. The fourth-order valence-corrected chi connectivity index (χ4v) is 4.59. The third-order valence-corrected chi connectivity index (χ3v) is 6.41. The maximum Gasteiger partial charge on any atom is 0.289 e.